The van der Waals surface area contributed by atoms with Crippen molar-refractivity contribution in [3.8, 4) is 0 Å². The predicted molar refractivity (Wildman–Crippen MR) is 33.0 cm³/mol. The van der Waals surface area contributed by atoms with Crippen LogP contribution in [0.25, 0.3) is 0 Å². The Bertz CT molecular complexity index is 79.3. The van der Waals surface area contributed by atoms with Crippen LogP contribution in [0.5, 0.6) is 0 Å². The van der Waals surface area contributed by atoms with E-state index in [1.165, 1.54) is 0 Å². The van der Waals surface area contributed by atoms with Crippen LogP contribution in [0.4, 0.5) is 4.79 Å². The number of hydrogen-bond acceptors (Lipinski definition) is 4. The number of rotatable bonds is 2. The van der Waals surface area contributed by atoms with Gasteiger partial charge in [-0.05, 0) is 0 Å². The highest BCUT2D eigenvalue weighted by atomic mass is 16.3. The van der Waals surface area contributed by atoms with Gasteiger partial charge in [0.05, 0.1) is 0 Å². The second-order valence-corrected chi connectivity index (χ2v) is 0.999. The summed E-state index contributed by atoms with van der Waals surface area (Å²) in [7, 11) is 0. The summed E-state index contributed by atoms with van der Waals surface area (Å²) in [5.74, 6) is 0. The molecule has 10 heavy (non-hydrogen) atoms. The lowest BCUT2D eigenvalue weighted by Gasteiger charge is -1.98. The molecule has 0 fully saturated rings. The molecule has 0 spiro atoms. The van der Waals surface area contributed by atoms with Crippen molar-refractivity contribution in [3.63, 3.8) is 0 Å². The Morgan fingerprint density at radius 3 is 1.70 bits per heavy atom. The zero-order valence-electron chi connectivity index (χ0n) is 5.33. The van der Waals surface area contributed by atoms with Gasteiger partial charge in [-0.3, -0.25) is 0 Å². The number of aliphatic hydroxyl groups excluding tert-OH is 2. The van der Waals surface area contributed by atoms with E-state index in [4.69, 9.17) is 15.0 Å². The SMILES string of the molecule is C=O.O=C(NCO)NCO. The molecule has 0 aromatic rings. The van der Waals surface area contributed by atoms with Gasteiger partial charge in [-0.2, -0.15) is 0 Å². The second kappa shape index (κ2) is 10.8. The van der Waals surface area contributed by atoms with Crippen molar-refractivity contribution in [2.24, 2.45) is 0 Å². The molecular formula is C4H10N2O4. The summed E-state index contributed by atoms with van der Waals surface area (Å²) in [6, 6.07) is -0.588. The Hall–Kier alpha value is -1.14. The highest BCUT2D eigenvalue weighted by molar-refractivity contribution is 5.73. The smallest absolute Gasteiger partial charge is 0.318 e. The van der Waals surface area contributed by atoms with Gasteiger partial charge in [0.25, 0.3) is 0 Å². The monoisotopic (exact) mass is 150 g/mol. The molecule has 0 saturated heterocycles. The van der Waals surface area contributed by atoms with Crippen molar-refractivity contribution >= 4 is 12.8 Å². The summed E-state index contributed by atoms with van der Waals surface area (Å²) in [6.07, 6.45) is 0. The maximum absolute atomic E-state index is 10.1. The van der Waals surface area contributed by atoms with Gasteiger partial charge in [-0.25, -0.2) is 4.79 Å². The van der Waals surface area contributed by atoms with Crippen LogP contribution in [0.2, 0.25) is 0 Å². The molecule has 6 heteroatoms. The lowest BCUT2D eigenvalue weighted by molar-refractivity contribution is -0.0979. The molecule has 0 aliphatic carbocycles. The minimum absolute atomic E-state index is 0.425. The van der Waals surface area contributed by atoms with Gasteiger partial charge in [-0.15, -0.1) is 0 Å². The Labute approximate surface area is 57.9 Å². The van der Waals surface area contributed by atoms with Gasteiger partial charge >= 0.3 is 6.03 Å². The minimum atomic E-state index is -0.588. The summed E-state index contributed by atoms with van der Waals surface area (Å²) in [6.45, 7) is 1.15. The molecule has 0 unspecified atom stereocenters. The van der Waals surface area contributed by atoms with Crippen molar-refractivity contribution < 1.29 is 19.8 Å². The standard InChI is InChI=1S/C3H8N2O3.CH2O/c6-1-4-3(8)5-2-7;1-2/h6-7H,1-2H2,(H2,4,5,8);1H2. The largest absolute Gasteiger partial charge is 0.376 e. The van der Waals surface area contributed by atoms with E-state index in [0.29, 0.717) is 0 Å². The topological polar surface area (TPSA) is 98.7 Å². The lowest BCUT2D eigenvalue weighted by atomic mass is 10.9. The highest BCUT2D eigenvalue weighted by Crippen LogP contribution is 1.57. The Balaban J connectivity index is 0. The zero-order chi connectivity index (χ0) is 8.41. The normalized spacial score (nSPS) is 7.00. The number of nitrogens with one attached hydrogen (secondary N) is 2. The van der Waals surface area contributed by atoms with E-state index < -0.39 is 19.5 Å². The first-order valence-corrected chi connectivity index (χ1v) is 2.33. The highest BCUT2D eigenvalue weighted by Gasteiger charge is 1.91. The van der Waals surface area contributed by atoms with Crippen LogP contribution in [0.1, 0.15) is 0 Å². The first-order chi connectivity index (χ1) is 4.81. The fourth-order valence-electron chi connectivity index (χ4n) is 0.206. The first kappa shape index (κ1) is 11.6. The van der Waals surface area contributed by atoms with E-state index in [9.17, 15) is 4.79 Å². The number of urea groups is 1. The van der Waals surface area contributed by atoms with Crippen LogP contribution in [0, 0.1) is 0 Å². The van der Waals surface area contributed by atoms with E-state index in [-0.39, 0.29) is 0 Å². The Morgan fingerprint density at radius 1 is 1.20 bits per heavy atom. The fourth-order valence-corrected chi connectivity index (χ4v) is 0.206. The molecule has 0 bridgehead atoms. The van der Waals surface area contributed by atoms with E-state index in [0.717, 1.165) is 0 Å². The Morgan fingerprint density at radius 2 is 1.50 bits per heavy atom. The van der Waals surface area contributed by atoms with Gasteiger partial charge < -0.3 is 25.6 Å². The lowest BCUT2D eigenvalue weighted by Crippen LogP contribution is -2.36. The average Bonchev–Trinajstić information content (AvgIpc) is 1.93. The van der Waals surface area contributed by atoms with E-state index in [2.05, 4.69) is 0 Å². The van der Waals surface area contributed by atoms with Gasteiger partial charge in [0.1, 0.15) is 20.3 Å². The fraction of sp³-hybridized carbons (Fsp3) is 0.500. The molecule has 6 nitrogen and oxygen atoms in total. The number of hydrogen-bond donors (Lipinski definition) is 4. The summed E-state index contributed by atoms with van der Waals surface area (Å²) in [4.78, 5) is 18.1. The molecule has 0 aromatic heterocycles. The molecule has 0 atom stereocenters. The number of carbonyl (C=O) groups excluding carboxylic acids is 2. The molecule has 2 amide bonds. The number of amides is 2. The van der Waals surface area contributed by atoms with Crippen molar-refractivity contribution in [2.75, 3.05) is 13.5 Å². The quantitative estimate of drug-likeness (QED) is 0.342. The third-order valence-corrected chi connectivity index (χ3v) is 0.479. The van der Waals surface area contributed by atoms with Gasteiger partial charge in [0.15, 0.2) is 0 Å². The third-order valence-electron chi connectivity index (χ3n) is 0.479. The van der Waals surface area contributed by atoms with Crippen LogP contribution >= 0.6 is 0 Å². The van der Waals surface area contributed by atoms with Gasteiger partial charge in [-0.1, -0.05) is 0 Å². The third kappa shape index (κ3) is 9.97. The van der Waals surface area contributed by atoms with Gasteiger partial charge in [0.2, 0.25) is 0 Å². The maximum Gasteiger partial charge on any atom is 0.318 e. The Kier molecular flexibility index (Phi) is 12.5. The van der Waals surface area contributed by atoms with Crippen molar-refractivity contribution in [1.29, 1.82) is 0 Å². The van der Waals surface area contributed by atoms with Crippen molar-refractivity contribution in [3.05, 3.63) is 0 Å². The average molecular weight is 150 g/mol. The van der Waals surface area contributed by atoms with Crippen LogP contribution in [-0.4, -0.2) is 36.5 Å². The zero-order valence-corrected chi connectivity index (χ0v) is 5.33. The summed E-state index contributed by atoms with van der Waals surface area (Å²) >= 11 is 0. The number of aliphatic hydroxyl groups is 2. The number of carbonyl (C=O) groups is 2. The molecule has 60 valence electrons. The van der Waals surface area contributed by atoms with Crippen molar-refractivity contribution in [1.82, 2.24) is 10.6 Å². The molecule has 0 aliphatic rings. The van der Waals surface area contributed by atoms with Crippen molar-refractivity contribution in [2.45, 2.75) is 0 Å². The molecule has 0 aliphatic heterocycles. The van der Waals surface area contributed by atoms with Crippen LogP contribution in [0.3, 0.4) is 0 Å². The molecule has 4 N–H and O–H groups in total. The predicted octanol–water partition coefficient (Wildman–Crippen LogP) is -2.00. The second-order valence-electron chi connectivity index (χ2n) is 0.999. The molecule has 0 saturated carbocycles. The van der Waals surface area contributed by atoms with Crippen LogP contribution in [0.15, 0.2) is 0 Å². The molecule has 0 radical (unpaired) electrons. The summed E-state index contributed by atoms with van der Waals surface area (Å²) < 4.78 is 0. The van der Waals surface area contributed by atoms with Crippen LogP contribution < -0.4 is 10.6 Å². The summed E-state index contributed by atoms with van der Waals surface area (Å²) in [5, 5.41) is 20.0. The molecule has 0 rings (SSSR count). The molecular weight excluding hydrogens is 140 g/mol. The van der Waals surface area contributed by atoms with E-state index >= 15 is 0 Å². The van der Waals surface area contributed by atoms with Crippen LogP contribution in [-0.2, 0) is 4.79 Å². The van der Waals surface area contributed by atoms with E-state index in [1.807, 2.05) is 17.4 Å². The molecule has 0 aromatic carbocycles. The van der Waals surface area contributed by atoms with Gasteiger partial charge in [0, 0.05) is 0 Å². The molecule has 0 heterocycles. The van der Waals surface area contributed by atoms with E-state index in [1.54, 1.807) is 0 Å². The maximum atomic E-state index is 10.1. The minimum Gasteiger partial charge on any atom is -0.376 e. The first-order valence-electron chi connectivity index (χ1n) is 2.33. The summed E-state index contributed by atoms with van der Waals surface area (Å²) in [5.41, 5.74) is 0.